The van der Waals surface area contributed by atoms with Crippen LogP contribution in [-0.2, 0) is 17.8 Å². The van der Waals surface area contributed by atoms with Crippen molar-refractivity contribution in [1.82, 2.24) is 15.5 Å². The molecular weight excluding hydrogens is 405 g/mol. The van der Waals surface area contributed by atoms with E-state index in [1.807, 2.05) is 30.3 Å². The van der Waals surface area contributed by atoms with Crippen LogP contribution < -0.4 is 10.6 Å². The zero-order chi connectivity index (χ0) is 21.1. The van der Waals surface area contributed by atoms with Gasteiger partial charge in [0.15, 0.2) is 0 Å². The first-order valence-electron chi connectivity index (χ1n) is 10.3. The molecule has 4 rings (SSSR count). The third-order valence-corrected chi connectivity index (χ3v) is 6.70. The summed E-state index contributed by atoms with van der Waals surface area (Å²) < 4.78 is 14.1. The number of halogens is 2. The average molecular weight is 430 g/mol. The SMILES string of the molecule is O=C1NC(=O)[C@@](CCc2ccccc2)(C2CCN(Cc3c(F)cccc3Cl)CC2)N1. The van der Waals surface area contributed by atoms with E-state index < -0.39 is 11.6 Å². The number of nitrogens with one attached hydrogen (secondary N) is 2. The predicted octanol–water partition coefficient (Wildman–Crippen LogP) is 3.90. The van der Waals surface area contributed by atoms with Gasteiger partial charge in [0.25, 0.3) is 5.91 Å². The van der Waals surface area contributed by atoms with E-state index in [-0.39, 0.29) is 17.6 Å². The van der Waals surface area contributed by atoms with Crippen molar-refractivity contribution in [3.05, 3.63) is 70.5 Å². The second kappa shape index (κ2) is 8.74. The van der Waals surface area contributed by atoms with Crippen molar-refractivity contribution in [3.8, 4) is 0 Å². The molecule has 3 amide bonds. The first-order chi connectivity index (χ1) is 14.5. The van der Waals surface area contributed by atoms with Crippen LogP contribution in [0.3, 0.4) is 0 Å². The smallest absolute Gasteiger partial charge is 0.322 e. The summed E-state index contributed by atoms with van der Waals surface area (Å²) >= 11 is 6.17. The van der Waals surface area contributed by atoms with Crippen LogP contribution in [0.1, 0.15) is 30.4 Å². The van der Waals surface area contributed by atoms with Crippen molar-refractivity contribution < 1.29 is 14.0 Å². The lowest BCUT2D eigenvalue weighted by Gasteiger charge is -2.41. The molecule has 1 atom stereocenters. The fourth-order valence-corrected chi connectivity index (χ4v) is 4.87. The van der Waals surface area contributed by atoms with Crippen molar-refractivity contribution >= 4 is 23.5 Å². The minimum atomic E-state index is -0.894. The standard InChI is InChI=1S/C23H25ClFN3O2/c24-19-7-4-8-20(25)18(19)15-28-13-10-17(11-14-28)23(21(29)26-22(30)27-23)12-9-16-5-2-1-3-6-16/h1-8,17H,9-15H2,(H2,26,27,29,30)/t23-/m1/s1. The number of likely N-dealkylation sites (tertiary alicyclic amines) is 1. The lowest BCUT2D eigenvalue weighted by molar-refractivity contribution is -0.127. The van der Waals surface area contributed by atoms with Crippen LogP contribution in [-0.4, -0.2) is 35.5 Å². The summed E-state index contributed by atoms with van der Waals surface area (Å²) in [6, 6.07) is 14.3. The summed E-state index contributed by atoms with van der Waals surface area (Å²) in [4.78, 5) is 27.0. The highest BCUT2D eigenvalue weighted by Crippen LogP contribution is 2.35. The highest BCUT2D eigenvalue weighted by molar-refractivity contribution is 6.31. The van der Waals surface area contributed by atoms with Gasteiger partial charge in [-0.1, -0.05) is 48.0 Å². The largest absolute Gasteiger partial charge is 0.323 e. The summed E-state index contributed by atoms with van der Waals surface area (Å²) in [5.41, 5.74) is 0.745. The maximum Gasteiger partial charge on any atom is 0.322 e. The predicted molar refractivity (Wildman–Crippen MR) is 114 cm³/mol. The van der Waals surface area contributed by atoms with E-state index in [2.05, 4.69) is 15.5 Å². The molecule has 0 saturated carbocycles. The normalized spacial score (nSPS) is 22.7. The molecule has 2 aromatic carbocycles. The average Bonchev–Trinajstić information content (AvgIpc) is 3.04. The number of hydrogen-bond donors (Lipinski definition) is 2. The molecule has 158 valence electrons. The van der Waals surface area contributed by atoms with Gasteiger partial charge in [0.2, 0.25) is 0 Å². The number of piperidine rings is 1. The molecule has 2 aliphatic heterocycles. The van der Waals surface area contributed by atoms with Crippen molar-refractivity contribution in [2.75, 3.05) is 13.1 Å². The Kier molecular flexibility index (Phi) is 6.06. The van der Waals surface area contributed by atoms with Crippen LogP contribution in [0.25, 0.3) is 0 Å². The van der Waals surface area contributed by atoms with Gasteiger partial charge in [0, 0.05) is 17.1 Å². The van der Waals surface area contributed by atoms with Crippen LogP contribution in [0.15, 0.2) is 48.5 Å². The number of benzene rings is 2. The quantitative estimate of drug-likeness (QED) is 0.684. The van der Waals surface area contributed by atoms with Crippen molar-refractivity contribution in [2.24, 2.45) is 5.92 Å². The topological polar surface area (TPSA) is 61.4 Å². The summed E-state index contributed by atoms with van der Waals surface area (Å²) in [5, 5.41) is 5.81. The number of carbonyl (C=O) groups excluding carboxylic acids is 2. The molecule has 0 aliphatic carbocycles. The Morgan fingerprint density at radius 1 is 1.07 bits per heavy atom. The monoisotopic (exact) mass is 429 g/mol. The minimum absolute atomic E-state index is 0.0278. The first kappa shape index (κ1) is 20.8. The van der Waals surface area contributed by atoms with E-state index in [1.54, 1.807) is 12.1 Å². The van der Waals surface area contributed by atoms with Gasteiger partial charge < -0.3 is 5.32 Å². The van der Waals surface area contributed by atoms with Crippen LogP contribution in [0, 0.1) is 11.7 Å². The lowest BCUT2D eigenvalue weighted by atomic mass is 9.74. The molecule has 0 radical (unpaired) electrons. The number of hydrogen-bond acceptors (Lipinski definition) is 3. The molecule has 2 saturated heterocycles. The first-order valence-corrected chi connectivity index (χ1v) is 10.7. The molecule has 2 aliphatic rings. The second-order valence-electron chi connectivity index (χ2n) is 8.12. The molecule has 0 spiro atoms. The molecule has 5 nitrogen and oxygen atoms in total. The Morgan fingerprint density at radius 3 is 2.43 bits per heavy atom. The summed E-state index contributed by atoms with van der Waals surface area (Å²) in [7, 11) is 0. The third kappa shape index (κ3) is 4.20. The molecule has 2 heterocycles. The van der Waals surface area contributed by atoms with Crippen LogP contribution in [0.2, 0.25) is 5.02 Å². The van der Waals surface area contributed by atoms with Crippen molar-refractivity contribution in [3.63, 3.8) is 0 Å². The maximum absolute atomic E-state index is 14.1. The fourth-order valence-electron chi connectivity index (χ4n) is 4.65. The Labute approximate surface area is 180 Å². The zero-order valence-corrected chi connectivity index (χ0v) is 17.4. The lowest BCUT2D eigenvalue weighted by Crippen LogP contribution is -2.56. The van der Waals surface area contributed by atoms with Gasteiger partial charge in [-0.15, -0.1) is 0 Å². The van der Waals surface area contributed by atoms with Gasteiger partial charge in [-0.05, 0) is 62.4 Å². The Morgan fingerprint density at radius 2 is 1.80 bits per heavy atom. The van der Waals surface area contributed by atoms with Crippen LogP contribution in [0.4, 0.5) is 9.18 Å². The maximum atomic E-state index is 14.1. The number of rotatable bonds is 6. The number of amides is 3. The van der Waals surface area contributed by atoms with Gasteiger partial charge in [-0.25, -0.2) is 9.18 Å². The summed E-state index contributed by atoms with van der Waals surface area (Å²) in [6.45, 7) is 1.87. The highest BCUT2D eigenvalue weighted by atomic mass is 35.5. The summed E-state index contributed by atoms with van der Waals surface area (Å²) in [5.74, 6) is -0.509. The van der Waals surface area contributed by atoms with Crippen LogP contribution >= 0.6 is 11.6 Å². The van der Waals surface area contributed by atoms with E-state index in [9.17, 15) is 14.0 Å². The second-order valence-corrected chi connectivity index (χ2v) is 8.52. The minimum Gasteiger partial charge on any atom is -0.323 e. The molecule has 2 fully saturated rings. The van der Waals surface area contributed by atoms with E-state index in [0.29, 0.717) is 43.1 Å². The molecule has 0 bridgehead atoms. The zero-order valence-electron chi connectivity index (χ0n) is 16.7. The molecule has 2 N–H and O–H groups in total. The van der Waals surface area contributed by atoms with Gasteiger partial charge >= 0.3 is 6.03 Å². The Bertz CT molecular complexity index is 911. The fraction of sp³-hybridized carbons (Fsp3) is 0.391. The van der Waals surface area contributed by atoms with Gasteiger partial charge in [0.1, 0.15) is 11.4 Å². The van der Waals surface area contributed by atoms with Crippen molar-refractivity contribution in [1.29, 1.82) is 0 Å². The molecule has 2 aromatic rings. The van der Waals surface area contributed by atoms with Gasteiger partial charge in [0.05, 0.1) is 0 Å². The third-order valence-electron chi connectivity index (χ3n) is 6.35. The molecular formula is C23H25ClFN3O2. The number of aryl methyl sites for hydroxylation is 1. The molecule has 30 heavy (non-hydrogen) atoms. The van der Waals surface area contributed by atoms with E-state index in [4.69, 9.17) is 11.6 Å². The number of imide groups is 1. The molecule has 0 aromatic heterocycles. The van der Waals surface area contributed by atoms with Gasteiger partial charge in [-0.2, -0.15) is 0 Å². The number of carbonyl (C=O) groups is 2. The van der Waals surface area contributed by atoms with Gasteiger partial charge in [-0.3, -0.25) is 15.0 Å². The van der Waals surface area contributed by atoms with Crippen molar-refractivity contribution in [2.45, 2.75) is 37.8 Å². The Balaban J connectivity index is 1.44. The Hall–Kier alpha value is -2.44. The van der Waals surface area contributed by atoms with E-state index in [0.717, 1.165) is 18.4 Å². The number of urea groups is 1. The molecule has 0 unspecified atom stereocenters. The highest BCUT2D eigenvalue weighted by Gasteiger charge is 2.51. The summed E-state index contributed by atoms with van der Waals surface area (Å²) in [6.07, 6.45) is 2.75. The van der Waals surface area contributed by atoms with E-state index >= 15 is 0 Å². The van der Waals surface area contributed by atoms with Crippen LogP contribution in [0.5, 0.6) is 0 Å². The number of nitrogens with zero attached hydrogens (tertiary/aromatic N) is 1. The molecule has 7 heteroatoms. The van der Waals surface area contributed by atoms with E-state index in [1.165, 1.54) is 6.07 Å².